The van der Waals surface area contributed by atoms with Crippen molar-refractivity contribution in [3.63, 3.8) is 0 Å². The number of aryl methyl sites for hydroxylation is 1. The fourth-order valence-corrected chi connectivity index (χ4v) is 0.870. The van der Waals surface area contributed by atoms with E-state index in [9.17, 15) is 4.79 Å². The van der Waals surface area contributed by atoms with Gasteiger partial charge in [-0.25, -0.2) is 0 Å². The Morgan fingerprint density at radius 3 is 2.54 bits per heavy atom. The van der Waals surface area contributed by atoms with Crippen LogP contribution >= 0.6 is 0 Å². The summed E-state index contributed by atoms with van der Waals surface area (Å²) < 4.78 is 0. The molecule has 0 aliphatic heterocycles. The van der Waals surface area contributed by atoms with E-state index in [-0.39, 0.29) is 12.3 Å². The van der Waals surface area contributed by atoms with Gasteiger partial charge in [0.2, 0.25) is 5.91 Å². The second-order valence-corrected chi connectivity index (χ2v) is 2.81. The maximum atomic E-state index is 10.4. The summed E-state index contributed by atoms with van der Waals surface area (Å²) in [5.74, 6) is 5.16. The number of rotatable bonds is 1. The molecule has 0 radical (unpaired) electrons. The van der Waals surface area contributed by atoms with E-state index < -0.39 is 0 Å². The van der Waals surface area contributed by atoms with Crippen molar-refractivity contribution in [2.45, 2.75) is 13.3 Å². The van der Waals surface area contributed by atoms with Crippen LogP contribution in [0.15, 0.2) is 24.3 Å². The first-order valence-corrected chi connectivity index (χ1v) is 4.02. The molecule has 13 heavy (non-hydrogen) atoms. The van der Waals surface area contributed by atoms with Crippen LogP contribution in [0.3, 0.4) is 0 Å². The minimum Gasteiger partial charge on any atom is -0.369 e. The Kier molecular flexibility index (Phi) is 3.10. The fourth-order valence-electron chi connectivity index (χ4n) is 0.870. The van der Waals surface area contributed by atoms with Gasteiger partial charge < -0.3 is 5.73 Å². The Morgan fingerprint density at radius 1 is 1.38 bits per heavy atom. The predicted octanol–water partition coefficient (Wildman–Crippen LogP) is 1.22. The third kappa shape index (κ3) is 3.44. The molecule has 0 spiro atoms. The second kappa shape index (κ2) is 4.32. The molecule has 2 nitrogen and oxygen atoms in total. The minimum absolute atomic E-state index is 0.119. The molecule has 66 valence electrons. The number of primary amides is 1. The lowest BCUT2D eigenvalue weighted by atomic mass is 10.1. The van der Waals surface area contributed by atoms with Gasteiger partial charge in [-0.3, -0.25) is 4.79 Å². The van der Waals surface area contributed by atoms with E-state index in [2.05, 4.69) is 11.8 Å². The molecule has 0 heterocycles. The highest BCUT2D eigenvalue weighted by Crippen LogP contribution is 2.00. The van der Waals surface area contributed by atoms with E-state index in [1.165, 1.54) is 5.56 Å². The average molecular weight is 173 g/mol. The lowest BCUT2D eigenvalue weighted by Crippen LogP contribution is -2.08. The highest BCUT2D eigenvalue weighted by molar-refractivity contribution is 5.76. The van der Waals surface area contributed by atoms with Crippen LogP contribution in [0.25, 0.3) is 0 Å². The van der Waals surface area contributed by atoms with Crippen molar-refractivity contribution in [2.75, 3.05) is 0 Å². The van der Waals surface area contributed by atoms with Crippen molar-refractivity contribution in [1.82, 2.24) is 0 Å². The Bertz CT molecular complexity index is 354. The van der Waals surface area contributed by atoms with Gasteiger partial charge in [0.05, 0.1) is 6.42 Å². The molecule has 0 saturated carbocycles. The van der Waals surface area contributed by atoms with Crippen molar-refractivity contribution in [3.05, 3.63) is 35.4 Å². The molecule has 0 bridgehead atoms. The Hall–Kier alpha value is -1.75. The van der Waals surface area contributed by atoms with Crippen molar-refractivity contribution >= 4 is 5.91 Å². The molecule has 0 aromatic heterocycles. The highest BCUT2D eigenvalue weighted by atomic mass is 16.1. The lowest BCUT2D eigenvalue weighted by Gasteiger charge is -1.90. The molecule has 2 N–H and O–H groups in total. The van der Waals surface area contributed by atoms with Crippen LogP contribution < -0.4 is 5.73 Å². The normalized spacial score (nSPS) is 8.69. The molecule has 0 aliphatic carbocycles. The summed E-state index contributed by atoms with van der Waals surface area (Å²) in [4.78, 5) is 10.4. The Morgan fingerprint density at radius 2 is 2.00 bits per heavy atom. The molecular weight excluding hydrogens is 162 g/mol. The fraction of sp³-hybridized carbons (Fsp3) is 0.182. The molecular formula is C11H11NO. The molecule has 0 unspecified atom stereocenters. The van der Waals surface area contributed by atoms with Gasteiger partial charge in [0.25, 0.3) is 0 Å². The molecule has 1 aromatic carbocycles. The summed E-state index contributed by atoms with van der Waals surface area (Å²) in [6.07, 6.45) is 0.119. The molecule has 2 heteroatoms. The van der Waals surface area contributed by atoms with Gasteiger partial charge in [-0.15, -0.1) is 0 Å². The Balaban J connectivity index is 2.67. The van der Waals surface area contributed by atoms with Crippen LogP contribution in [-0.2, 0) is 4.79 Å². The van der Waals surface area contributed by atoms with Crippen LogP contribution in [0.5, 0.6) is 0 Å². The standard InChI is InChI=1S/C11H11NO/c1-9-5-7-10(8-6-9)3-2-4-11(12)13/h5-8H,4H2,1H3,(H2,12,13). The van der Waals surface area contributed by atoms with E-state index in [1.807, 2.05) is 31.2 Å². The SMILES string of the molecule is Cc1ccc(C#CCC(N)=O)cc1. The topological polar surface area (TPSA) is 43.1 Å². The summed E-state index contributed by atoms with van der Waals surface area (Å²) >= 11 is 0. The van der Waals surface area contributed by atoms with Gasteiger partial charge in [-0.1, -0.05) is 29.5 Å². The first-order valence-electron chi connectivity index (χ1n) is 4.02. The molecule has 0 aliphatic rings. The van der Waals surface area contributed by atoms with Gasteiger partial charge >= 0.3 is 0 Å². The highest BCUT2D eigenvalue weighted by Gasteiger charge is 1.87. The second-order valence-electron chi connectivity index (χ2n) is 2.81. The number of hydrogen-bond acceptors (Lipinski definition) is 1. The molecule has 1 amide bonds. The quantitative estimate of drug-likeness (QED) is 0.637. The zero-order valence-electron chi connectivity index (χ0n) is 7.50. The molecule has 0 fully saturated rings. The zero-order valence-corrected chi connectivity index (χ0v) is 7.50. The number of carbonyl (C=O) groups excluding carboxylic acids is 1. The summed E-state index contributed by atoms with van der Waals surface area (Å²) in [6.45, 7) is 2.01. The largest absolute Gasteiger partial charge is 0.369 e. The van der Waals surface area contributed by atoms with Crippen LogP contribution in [-0.4, -0.2) is 5.91 Å². The summed E-state index contributed by atoms with van der Waals surface area (Å²) in [5.41, 5.74) is 7.04. The molecule has 1 rings (SSSR count). The summed E-state index contributed by atoms with van der Waals surface area (Å²) in [5, 5.41) is 0. The maximum absolute atomic E-state index is 10.4. The van der Waals surface area contributed by atoms with Crippen molar-refractivity contribution in [1.29, 1.82) is 0 Å². The van der Waals surface area contributed by atoms with Gasteiger partial charge in [-0.05, 0) is 19.1 Å². The first-order chi connectivity index (χ1) is 6.18. The zero-order chi connectivity index (χ0) is 9.68. The molecule has 0 saturated heterocycles. The van der Waals surface area contributed by atoms with Crippen LogP contribution in [0.2, 0.25) is 0 Å². The van der Waals surface area contributed by atoms with Gasteiger partial charge in [0, 0.05) is 5.56 Å². The molecule has 0 atom stereocenters. The third-order valence-corrected chi connectivity index (χ3v) is 1.55. The van der Waals surface area contributed by atoms with Gasteiger partial charge in [-0.2, -0.15) is 0 Å². The summed E-state index contributed by atoms with van der Waals surface area (Å²) in [7, 11) is 0. The predicted molar refractivity (Wildman–Crippen MR) is 51.9 cm³/mol. The van der Waals surface area contributed by atoms with E-state index in [1.54, 1.807) is 0 Å². The van der Waals surface area contributed by atoms with E-state index in [0.717, 1.165) is 5.56 Å². The summed E-state index contributed by atoms with van der Waals surface area (Å²) in [6, 6.07) is 7.80. The van der Waals surface area contributed by atoms with E-state index in [4.69, 9.17) is 5.73 Å². The first kappa shape index (κ1) is 9.34. The van der Waals surface area contributed by atoms with Crippen molar-refractivity contribution < 1.29 is 4.79 Å². The lowest BCUT2D eigenvalue weighted by molar-refractivity contribution is -0.117. The van der Waals surface area contributed by atoms with E-state index >= 15 is 0 Å². The number of amides is 1. The average Bonchev–Trinajstić information content (AvgIpc) is 2.08. The Labute approximate surface area is 77.8 Å². The van der Waals surface area contributed by atoms with Crippen molar-refractivity contribution in [2.24, 2.45) is 5.73 Å². The van der Waals surface area contributed by atoms with Crippen molar-refractivity contribution in [3.8, 4) is 11.8 Å². The van der Waals surface area contributed by atoms with E-state index in [0.29, 0.717) is 0 Å². The maximum Gasteiger partial charge on any atom is 0.229 e. The number of hydrogen-bond donors (Lipinski definition) is 1. The third-order valence-electron chi connectivity index (χ3n) is 1.55. The van der Waals surface area contributed by atoms with Crippen LogP contribution in [0, 0.1) is 18.8 Å². The number of nitrogens with two attached hydrogens (primary N) is 1. The van der Waals surface area contributed by atoms with Crippen LogP contribution in [0.4, 0.5) is 0 Å². The van der Waals surface area contributed by atoms with Crippen LogP contribution in [0.1, 0.15) is 17.5 Å². The number of carbonyl (C=O) groups is 1. The van der Waals surface area contributed by atoms with Gasteiger partial charge in [0.15, 0.2) is 0 Å². The number of benzene rings is 1. The monoisotopic (exact) mass is 173 g/mol. The smallest absolute Gasteiger partial charge is 0.229 e. The van der Waals surface area contributed by atoms with Gasteiger partial charge in [0.1, 0.15) is 0 Å². The minimum atomic E-state index is -0.389. The molecule has 1 aromatic rings.